The number of piperidine rings is 1. The van der Waals surface area contributed by atoms with Crippen molar-refractivity contribution >= 4 is 6.09 Å². The van der Waals surface area contributed by atoms with E-state index in [2.05, 4.69) is 14.9 Å². The molecule has 1 atom stereocenters. The fourth-order valence-electron chi connectivity index (χ4n) is 3.78. The molecule has 2 aliphatic heterocycles. The van der Waals surface area contributed by atoms with Crippen molar-refractivity contribution in [2.24, 2.45) is 0 Å². The van der Waals surface area contributed by atoms with Gasteiger partial charge in [0, 0.05) is 24.6 Å². The van der Waals surface area contributed by atoms with E-state index in [1.54, 1.807) is 0 Å². The van der Waals surface area contributed by atoms with Crippen LogP contribution < -0.4 is 4.74 Å². The molecule has 8 nitrogen and oxygen atoms in total. The summed E-state index contributed by atoms with van der Waals surface area (Å²) >= 11 is 0. The molecule has 4 rings (SSSR count). The van der Waals surface area contributed by atoms with Gasteiger partial charge in [-0.1, -0.05) is 5.16 Å². The Kier molecular flexibility index (Phi) is 4.85. The third-order valence-corrected chi connectivity index (χ3v) is 5.30. The highest BCUT2D eigenvalue weighted by atomic mass is 19.4. The second-order valence-electron chi connectivity index (χ2n) is 7.19. The molecule has 29 heavy (non-hydrogen) atoms. The number of alkyl halides is 3. The summed E-state index contributed by atoms with van der Waals surface area (Å²) in [5.41, 5.74) is 0.0928. The molecule has 2 aromatic rings. The number of carboxylic acid groups (broad SMARTS) is 1. The first-order chi connectivity index (χ1) is 13.7. The summed E-state index contributed by atoms with van der Waals surface area (Å²) < 4.78 is 51.8. The Morgan fingerprint density at radius 2 is 1.93 bits per heavy atom. The lowest BCUT2D eigenvalue weighted by Crippen LogP contribution is -2.45. The van der Waals surface area contributed by atoms with Gasteiger partial charge in [-0.05, 0) is 43.5 Å². The number of nitrogens with zero attached hydrogens (tertiary/aromatic N) is 3. The first kappa shape index (κ1) is 19.5. The van der Waals surface area contributed by atoms with Crippen LogP contribution in [-0.2, 0) is 4.74 Å². The molecule has 1 spiro atoms. The molecule has 11 heteroatoms. The zero-order chi connectivity index (χ0) is 20.6. The van der Waals surface area contributed by atoms with Crippen LogP contribution in [0.3, 0.4) is 0 Å². The lowest BCUT2D eigenvalue weighted by atomic mass is 9.85. The van der Waals surface area contributed by atoms with Gasteiger partial charge in [0.05, 0.1) is 12.2 Å². The van der Waals surface area contributed by atoms with Crippen LogP contribution in [0, 0.1) is 0 Å². The van der Waals surface area contributed by atoms with E-state index >= 15 is 0 Å². The molecule has 1 amide bonds. The molecule has 2 fully saturated rings. The Morgan fingerprint density at radius 3 is 2.55 bits per heavy atom. The molecule has 2 saturated heterocycles. The molecule has 1 aromatic carbocycles. The molecule has 156 valence electrons. The number of hydrogen-bond donors (Lipinski definition) is 1. The van der Waals surface area contributed by atoms with Gasteiger partial charge < -0.3 is 24.0 Å². The molecular formula is C18H18F3N3O5. The second-order valence-corrected chi connectivity index (χ2v) is 7.19. The quantitative estimate of drug-likeness (QED) is 0.820. The molecule has 0 unspecified atom stereocenters. The van der Waals surface area contributed by atoms with E-state index in [4.69, 9.17) is 14.4 Å². The van der Waals surface area contributed by atoms with Crippen molar-refractivity contribution in [3.63, 3.8) is 0 Å². The van der Waals surface area contributed by atoms with E-state index in [0.717, 1.165) is 0 Å². The minimum absolute atomic E-state index is 0.0864. The number of ether oxygens (including phenoxy) is 2. The number of amides is 1. The zero-order valence-electron chi connectivity index (χ0n) is 15.2. The topological polar surface area (TPSA) is 97.9 Å². The number of benzene rings is 1. The fourth-order valence-corrected chi connectivity index (χ4v) is 3.78. The maximum absolute atomic E-state index is 12.2. The largest absolute Gasteiger partial charge is 0.573 e. The van der Waals surface area contributed by atoms with E-state index in [-0.39, 0.29) is 23.2 Å². The third-order valence-electron chi connectivity index (χ3n) is 5.30. The minimum atomic E-state index is -4.75. The number of rotatable bonds is 3. The Labute approximate surface area is 163 Å². The van der Waals surface area contributed by atoms with Crippen LogP contribution in [0.25, 0.3) is 11.5 Å². The first-order valence-electron chi connectivity index (χ1n) is 9.05. The van der Waals surface area contributed by atoms with Crippen LogP contribution >= 0.6 is 0 Å². The van der Waals surface area contributed by atoms with Crippen LogP contribution in [-0.4, -0.2) is 57.9 Å². The molecule has 1 aromatic heterocycles. The summed E-state index contributed by atoms with van der Waals surface area (Å²) in [6.45, 7) is 1.25. The zero-order valence-corrected chi connectivity index (χ0v) is 15.2. The standard InChI is InChI=1S/C18H18F3N3O5/c19-18(20,21)28-13-3-1-11(2-4-13)15-22-14(23-29-15)12-9-17(27-10-12)5-7-24(8-6-17)16(25)26/h1-4,12H,5-10H2,(H,25,26)/t12-/m1/s1. The predicted molar refractivity (Wildman–Crippen MR) is 91.3 cm³/mol. The van der Waals surface area contributed by atoms with Gasteiger partial charge in [0.15, 0.2) is 5.82 Å². The number of carbonyl (C=O) groups is 1. The molecule has 0 aliphatic carbocycles. The first-order valence-corrected chi connectivity index (χ1v) is 9.05. The molecule has 1 N–H and O–H groups in total. The molecular weight excluding hydrogens is 395 g/mol. The molecule has 2 aliphatic rings. The lowest BCUT2D eigenvalue weighted by Gasteiger charge is -2.37. The Bertz CT molecular complexity index is 876. The second kappa shape index (κ2) is 7.21. The monoisotopic (exact) mass is 413 g/mol. The van der Waals surface area contributed by atoms with E-state index in [1.165, 1.54) is 29.2 Å². The van der Waals surface area contributed by atoms with E-state index in [0.29, 0.717) is 50.3 Å². The lowest BCUT2D eigenvalue weighted by molar-refractivity contribution is -0.274. The van der Waals surface area contributed by atoms with Crippen molar-refractivity contribution < 1.29 is 37.1 Å². The Hall–Kier alpha value is -2.82. The van der Waals surface area contributed by atoms with E-state index in [9.17, 15) is 18.0 Å². The Morgan fingerprint density at radius 1 is 1.24 bits per heavy atom. The summed E-state index contributed by atoms with van der Waals surface area (Å²) in [5, 5.41) is 13.1. The van der Waals surface area contributed by atoms with Gasteiger partial charge in [0.1, 0.15) is 5.75 Å². The van der Waals surface area contributed by atoms with Crippen molar-refractivity contribution in [2.45, 2.75) is 37.1 Å². The average molecular weight is 413 g/mol. The van der Waals surface area contributed by atoms with Crippen molar-refractivity contribution in [1.82, 2.24) is 15.0 Å². The molecule has 0 bridgehead atoms. The van der Waals surface area contributed by atoms with E-state index in [1.807, 2.05) is 0 Å². The van der Waals surface area contributed by atoms with Crippen molar-refractivity contribution in [2.75, 3.05) is 19.7 Å². The van der Waals surface area contributed by atoms with Gasteiger partial charge in [0.2, 0.25) is 0 Å². The number of likely N-dealkylation sites (tertiary alicyclic amines) is 1. The molecule has 0 saturated carbocycles. The summed E-state index contributed by atoms with van der Waals surface area (Å²) in [5.74, 6) is 0.241. The van der Waals surface area contributed by atoms with Gasteiger partial charge >= 0.3 is 12.5 Å². The van der Waals surface area contributed by atoms with Crippen LogP contribution in [0.1, 0.15) is 31.0 Å². The van der Waals surface area contributed by atoms with Gasteiger partial charge in [-0.2, -0.15) is 4.98 Å². The van der Waals surface area contributed by atoms with Crippen molar-refractivity contribution in [1.29, 1.82) is 0 Å². The predicted octanol–water partition coefficient (Wildman–Crippen LogP) is 3.65. The smallest absolute Gasteiger partial charge is 0.465 e. The summed E-state index contributed by atoms with van der Waals surface area (Å²) in [4.78, 5) is 16.8. The molecule has 3 heterocycles. The minimum Gasteiger partial charge on any atom is -0.465 e. The number of aromatic nitrogens is 2. The highest BCUT2D eigenvalue weighted by Crippen LogP contribution is 2.42. The normalized spacial score (nSPS) is 21.5. The number of hydrogen-bond acceptors (Lipinski definition) is 6. The van der Waals surface area contributed by atoms with Gasteiger partial charge in [-0.25, -0.2) is 4.79 Å². The maximum atomic E-state index is 12.2. The summed E-state index contributed by atoms with van der Waals surface area (Å²) in [7, 11) is 0. The summed E-state index contributed by atoms with van der Waals surface area (Å²) in [6, 6.07) is 5.17. The highest BCUT2D eigenvalue weighted by molar-refractivity contribution is 5.65. The van der Waals surface area contributed by atoms with Gasteiger partial charge in [0.25, 0.3) is 5.89 Å². The van der Waals surface area contributed by atoms with Crippen LogP contribution in [0.15, 0.2) is 28.8 Å². The average Bonchev–Trinajstić information content (AvgIpc) is 3.29. The van der Waals surface area contributed by atoms with Crippen molar-refractivity contribution in [3.8, 4) is 17.2 Å². The third kappa shape index (κ3) is 4.29. The highest BCUT2D eigenvalue weighted by Gasteiger charge is 2.45. The fraction of sp³-hybridized carbons (Fsp3) is 0.500. The van der Waals surface area contributed by atoms with Crippen LogP contribution in [0.2, 0.25) is 0 Å². The summed E-state index contributed by atoms with van der Waals surface area (Å²) in [6.07, 6.45) is -3.79. The van der Waals surface area contributed by atoms with E-state index < -0.39 is 12.5 Å². The van der Waals surface area contributed by atoms with Gasteiger partial charge in [-0.3, -0.25) is 0 Å². The SMILES string of the molecule is O=C(O)N1CCC2(CC1)C[C@@H](c1noc(-c3ccc(OC(F)(F)F)cc3)n1)CO2. The Balaban J connectivity index is 1.40. The van der Waals surface area contributed by atoms with Crippen LogP contribution in [0.5, 0.6) is 5.75 Å². The molecule has 0 radical (unpaired) electrons. The van der Waals surface area contributed by atoms with Crippen LogP contribution in [0.4, 0.5) is 18.0 Å². The van der Waals surface area contributed by atoms with Gasteiger partial charge in [-0.15, -0.1) is 13.2 Å². The van der Waals surface area contributed by atoms with Crippen molar-refractivity contribution in [3.05, 3.63) is 30.1 Å². The number of halogens is 3. The maximum Gasteiger partial charge on any atom is 0.573 e.